The molecule has 1 aromatic carbocycles. The van der Waals surface area contributed by atoms with E-state index in [-0.39, 0.29) is 0 Å². The summed E-state index contributed by atoms with van der Waals surface area (Å²) in [6.07, 6.45) is 3.88. The van der Waals surface area contributed by atoms with E-state index in [1.165, 1.54) is 5.56 Å². The first-order chi connectivity index (χ1) is 7.31. The van der Waals surface area contributed by atoms with Crippen LogP contribution in [0.3, 0.4) is 0 Å². The van der Waals surface area contributed by atoms with Crippen molar-refractivity contribution >= 4 is 22.6 Å². The van der Waals surface area contributed by atoms with E-state index in [2.05, 4.69) is 45.1 Å². The molecular weight excluding hydrogens is 301 g/mol. The van der Waals surface area contributed by atoms with E-state index in [0.29, 0.717) is 0 Å². The van der Waals surface area contributed by atoms with Crippen molar-refractivity contribution in [3.8, 4) is 5.69 Å². The molecule has 0 saturated heterocycles. The van der Waals surface area contributed by atoms with Crippen LogP contribution in [0.25, 0.3) is 5.69 Å². The fraction of sp³-hybridized carbons (Fsp3) is 0.182. The molecule has 1 N–H and O–H groups in total. The van der Waals surface area contributed by atoms with Gasteiger partial charge in [-0.1, -0.05) is 18.2 Å². The molecule has 0 amide bonds. The minimum Gasteiger partial charge on any atom is -0.316 e. The Hall–Kier alpha value is -0.880. The Bertz CT molecular complexity index is 451. The molecule has 4 heteroatoms. The monoisotopic (exact) mass is 313 g/mol. The average Bonchev–Trinajstić information content (AvgIpc) is 2.66. The Morgan fingerprint density at radius 3 is 2.87 bits per heavy atom. The number of nitrogens with zero attached hydrogens (tertiary/aromatic N) is 2. The van der Waals surface area contributed by atoms with E-state index in [1.807, 2.05) is 36.3 Å². The van der Waals surface area contributed by atoms with Gasteiger partial charge in [0.05, 0.1) is 15.5 Å². The van der Waals surface area contributed by atoms with Gasteiger partial charge in [-0.3, -0.25) is 0 Å². The first kappa shape index (κ1) is 10.6. The molecule has 0 unspecified atom stereocenters. The molecule has 78 valence electrons. The van der Waals surface area contributed by atoms with E-state index < -0.39 is 0 Å². The summed E-state index contributed by atoms with van der Waals surface area (Å²) in [5, 5.41) is 7.47. The second-order valence-electron chi connectivity index (χ2n) is 3.26. The van der Waals surface area contributed by atoms with Gasteiger partial charge in [-0.2, -0.15) is 5.10 Å². The van der Waals surface area contributed by atoms with Gasteiger partial charge in [0.2, 0.25) is 0 Å². The third kappa shape index (κ3) is 2.38. The minimum atomic E-state index is 0.854. The third-order valence-corrected chi connectivity index (χ3v) is 2.71. The number of halogens is 1. The Kier molecular flexibility index (Phi) is 3.37. The van der Waals surface area contributed by atoms with Crippen LogP contribution in [0.15, 0.2) is 36.7 Å². The smallest absolute Gasteiger partial charge is 0.0690 e. The molecule has 0 spiro atoms. The van der Waals surface area contributed by atoms with Crippen molar-refractivity contribution in [2.75, 3.05) is 7.05 Å². The molecule has 15 heavy (non-hydrogen) atoms. The van der Waals surface area contributed by atoms with Crippen LogP contribution >= 0.6 is 22.6 Å². The van der Waals surface area contributed by atoms with Gasteiger partial charge in [-0.25, -0.2) is 4.68 Å². The van der Waals surface area contributed by atoms with Gasteiger partial charge in [0.15, 0.2) is 0 Å². The number of hydrogen-bond donors (Lipinski definition) is 1. The maximum Gasteiger partial charge on any atom is 0.0690 e. The van der Waals surface area contributed by atoms with Crippen molar-refractivity contribution in [3.63, 3.8) is 0 Å². The largest absolute Gasteiger partial charge is 0.316 e. The lowest BCUT2D eigenvalue weighted by molar-refractivity contribution is 0.789. The van der Waals surface area contributed by atoms with Crippen LogP contribution in [0.5, 0.6) is 0 Å². The number of hydrogen-bond acceptors (Lipinski definition) is 2. The quantitative estimate of drug-likeness (QED) is 0.881. The van der Waals surface area contributed by atoms with Gasteiger partial charge in [0.25, 0.3) is 0 Å². The molecule has 0 bridgehead atoms. The van der Waals surface area contributed by atoms with Gasteiger partial charge in [0, 0.05) is 12.7 Å². The van der Waals surface area contributed by atoms with Crippen LogP contribution in [0.2, 0.25) is 0 Å². The Morgan fingerprint density at radius 2 is 2.20 bits per heavy atom. The Labute approximate surface area is 103 Å². The summed E-state index contributed by atoms with van der Waals surface area (Å²) in [5.74, 6) is 0. The van der Waals surface area contributed by atoms with Gasteiger partial charge >= 0.3 is 0 Å². The van der Waals surface area contributed by atoms with E-state index in [0.717, 1.165) is 15.8 Å². The van der Waals surface area contributed by atoms with Crippen LogP contribution in [-0.2, 0) is 6.54 Å². The first-order valence-electron chi connectivity index (χ1n) is 4.74. The molecule has 1 aromatic heterocycles. The third-order valence-electron chi connectivity index (χ3n) is 2.16. The number of aromatic nitrogens is 2. The van der Waals surface area contributed by atoms with Gasteiger partial charge < -0.3 is 5.32 Å². The maximum absolute atomic E-state index is 4.31. The second kappa shape index (κ2) is 4.76. The van der Waals surface area contributed by atoms with Crippen LogP contribution in [-0.4, -0.2) is 16.8 Å². The molecule has 0 aliphatic rings. The number of benzene rings is 1. The molecule has 0 aliphatic heterocycles. The lowest BCUT2D eigenvalue weighted by Gasteiger charge is -2.08. The minimum absolute atomic E-state index is 0.854. The molecule has 0 atom stereocenters. The molecule has 0 fully saturated rings. The average molecular weight is 313 g/mol. The summed E-state index contributed by atoms with van der Waals surface area (Å²) in [6.45, 7) is 0.854. The molecule has 2 aromatic rings. The molecule has 3 nitrogen and oxygen atoms in total. The fourth-order valence-electron chi connectivity index (χ4n) is 1.51. The highest BCUT2D eigenvalue weighted by atomic mass is 127. The number of para-hydroxylation sites is 1. The first-order valence-corrected chi connectivity index (χ1v) is 5.82. The fourth-order valence-corrected chi connectivity index (χ4v) is 1.90. The zero-order valence-corrected chi connectivity index (χ0v) is 10.6. The molecule has 0 aliphatic carbocycles. The zero-order chi connectivity index (χ0) is 10.7. The second-order valence-corrected chi connectivity index (χ2v) is 4.51. The SMILES string of the molecule is CNCc1ccccc1-n1cc(I)cn1. The highest BCUT2D eigenvalue weighted by molar-refractivity contribution is 14.1. The topological polar surface area (TPSA) is 29.9 Å². The van der Waals surface area contributed by atoms with Crippen LogP contribution < -0.4 is 5.32 Å². The van der Waals surface area contributed by atoms with Crippen molar-refractivity contribution in [3.05, 3.63) is 45.8 Å². The van der Waals surface area contributed by atoms with Gasteiger partial charge in [0.1, 0.15) is 0 Å². The standard InChI is InChI=1S/C11H12IN3/c1-13-6-9-4-2-3-5-11(9)15-8-10(12)7-14-15/h2-5,7-8,13H,6H2,1H3. The summed E-state index contributed by atoms with van der Waals surface area (Å²) in [7, 11) is 1.95. The maximum atomic E-state index is 4.31. The molecule has 0 radical (unpaired) electrons. The Morgan fingerprint density at radius 1 is 1.40 bits per heavy atom. The summed E-state index contributed by atoms with van der Waals surface area (Å²) in [5.41, 5.74) is 2.38. The van der Waals surface area contributed by atoms with Crippen molar-refractivity contribution in [1.29, 1.82) is 0 Å². The van der Waals surface area contributed by atoms with Crippen molar-refractivity contribution in [2.45, 2.75) is 6.54 Å². The molecular formula is C11H12IN3. The van der Waals surface area contributed by atoms with Crippen molar-refractivity contribution in [1.82, 2.24) is 15.1 Å². The van der Waals surface area contributed by atoms with Gasteiger partial charge in [-0.15, -0.1) is 0 Å². The van der Waals surface area contributed by atoms with Gasteiger partial charge in [-0.05, 0) is 41.3 Å². The normalized spacial score (nSPS) is 10.5. The summed E-state index contributed by atoms with van der Waals surface area (Å²) in [6, 6.07) is 8.27. The Balaban J connectivity index is 2.42. The zero-order valence-electron chi connectivity index (χ0n) is 8.44. The predicted molar refractivity (Wildman–Crippen MR) is 69.0 cm³/mol. The van der Waals surface area contributed by atoms with E-state index in [9.17, 15) is 0 Å². The van der Waals surface area contributed by atoms with Crippen LogP contribution in [0, 0.1) is 3.57 Å². The van der Waals surface area contributed by atoms with E-state index >= 15 is 0 Å². The van der Waals surface area contributed by atoms with Crippen molar-refractivity contribution < 1.29 is 0 Å². The van der Waals surface area contributed by atoms with Crippen molar-refractivity contribution in [2.24, 2.45) is 0 Å². The number of rotatable bonds is 3. The van der Waals surface area contributed by atoms with E-state index in [4.69, 9.17) is 0 Å². The molecule has 2 rings (SSSR count). The molecule has 0 saturated carbocycles. The summed E-state index contributed by atoms with van der Waals surface area (Å²) in [4.78, 5) is 0. The molecule has 1 heterocycles. The van der Waals surface area contributed by atoms with Crippen LogP contribution in [0.1, 0.15) is 5.56 Å². The lowest BCUT2D eigenvalue weighted by Crippen LogP contribution is -2.09. The highest BCUT2D eigenvalue weighted by Crippen LogP contribution is 2.14. The van der Waals surface area contributed by atoms with Crippen LogP contribution in [0.4, 0.5) is 0 Å². The summed E-state index contributed by atoms with van der Waals surface area (Å²) < 4.78 is 3.06. The van der Waals surface area contributed by atoms with E-state index in [1.54, 1.807) is 0 Å². The summed E-state index contributed by atoms with van der Waals surface area (Å²) >= 11 is 2.26. The number of nitrogens with one attached hydrogen (secondary N) is 1. The predicted octanol–water partition coefficient (Wildman–Crippen LogP) is 2.20. The lowest BCUT2D eigenvalue weighted by atomic mass is 10.2. The highest BCUT2D eigenvalue weighted by Gasteiger charge is 2.03.